The highest BCUT2D eigenvalue weighted by atomic mass is 16.1. The standard InChI is InChI=1S/C22H24N4O/c1-15(27)23-18-7-4-16(5-8-18)17-6-9-21-20(13-17)24-22-14-19-3-2-10-25(19)11-12-26(21)22/h4-9,13,19H,2-3,10-12,14H2,1H3,(H,23,27)/t19-/m0/s1. The first-order chi connectivity index (χ1) is 13.2. The van der Waals surface area contributed by atoms with Crippen LogP contribution in [0.2, 0.25) is 0 Å². The molecule has 1 aromatic heterocycles. The third-order valence-electron chi connectivity index (χ3n) is 5.89. The maximum atomic E-state index is 11.2. The van der Waals surface area contributed by atoms with Gasteiger partial charge in [-0.1, -0.05) is 18.2 Å². The average molecular weight is 360 g/mol. The Morgan fingerprint density at radius 3 is 2.70 bits per heavy atom. The molecule has 1 N–H and O–H groups in total. The Morgan fingerprint density at radius 2 is 1.89 bits per heavy atom. The summed E-state index contributed by atoms with van der Waals surface area (Å²) in [6.07, 6.45) is 3.69. The van der Waals surface area contributed by atoms with E-state index in [4.69, 9.17) is 4.98 Å². The summed E-state index contributed by atoms with van der Waals surface area (Å²) in [5.41, 5.74) is 5.44. The highest BCUT2D eigenvalue weighted by molar-refractivity contribution is 5.89. The Labute approximate surface area is 159 Å². The molecule has 0 saturated carbocycles. The Balaban J connectivity index is 1.47. The van der Waals surface area contributed by atoms with Gasteiger partial charge >= 0.3 is 0 Å². The highest BCUT2D eigenvalue weighted by Gasteiger charge is 2.29. The Bertz CT molecular complexity index is 1010. The normalized spacial score (nSPS) is 19.5. The number of rotatable bonds is 2. The summed E-state index contributed by atoms with van der Waals surface area (Å²) < 4.78 is 2.41. The molecule has 138 valence electrons. The van der Waals surface area contributed by atoms with E-state index in [1.807, 2.05) is 24.3 Å². The molecule has 1 atom stereocenters. The number of imidazole rings is 1. The van der Waals surface area contributed by atoms with Gasteiger partial charge in [0, 0.05) is 38.2 Å². The molecule has 2 aromatic carbocycles. The average Bonchev–Trinajstić information content (AvgIpc) is 3.20. The van der Waals surface area contributed by atoms with Crippen molar-refractivity contribution in [3.8, 4) is 11.1 Å². The number of aromatic nitrogens is 2. The number of anilines is 1. The largest absolute Gasteiger partial charge is 0.327 e. The fraction of sp³-hybridized carbons (Fsp3) is 0.364. The number of hydrogen-bond acceptors (Lipinski definition) is 3. The third kappa shape index (κ3) is 3.02. The van der Waals surface area contributed by atoms with Crippen LogP contribution in [0.4, 0.5) is 5.69 Å². The zero-order valence-corrected chi connectivity index (χ0v) is 15.6. The van der Waals surface area contributed by atoms with Crippen molar-refractivity contribution in [2.24, 2.45) is 0 Å². The second-order valence-corrected chi connectivity index (χ2v) is 7.68. The van der Waals surface area contributed by atoms with Gasteiger partial charge in [-0.25, -0.2) is 4.98 Å². The second-order valence-electron chi connectivity index (χ2n) is 7.68. The smallest absolute Gasteiger partial charge is 0.221 e. The van der Waals surface area contributed by atoms with Gasteiger partial charge in [-0.2, -0.15) is 0 Å². The van der Waals surface area contributed by atoms with Crippen LogP contribution in [0.1, 0.15) is 25.6 Å². The van der Waals surface area contributed by atoms with Crippen LogP contribution in [0.3, 0.4) is 0 Å². The quantitative estimate of drug-likeness (QED) is 0.758. The predicted molar refractivity (Wildman–Crippen MR) is 108 cm³/mol. The van der Waals surface area contributed by atoms with E-state index in [1.54, 1.807) is 0 Å². The molecule has 3 aromatic rings. The van der Waals surface area contributed by atoms with Crippen molar-refractivity contribution in [2.75, 3.05) is 18.4 Å². The Kier molecular flexibility index (Phi) is 3.97. The molecule has 5 nitrogen and oxygen atoms in total. The van der Waals surface area contributed by atoms with Crippen molar-refractivity contribution >= 4 is 22.6 Å². The van der Waals surface area contributed by atoms with Crippen LogP contribution in [0.25, 0.3) is 22.2 Å². The van der Waals surface area contributed by atoms with Crippen LogP contribution in [0, 0.1) is 0 Å². The van der Waals surface area contributed by atoms with Gasteiger partial charge in [-0.15, -0.1) is 0 Å². The summed E-state index contributed by atoms with van der Waals surface area (Å²) in [5, 5.41) is 2.81. The molecule has 3 heterocycles. The number of nitrogens with zero attached hydrogens (tertiary/aromatic N) is 3. The molecule has 2 aliphatic rings. The van der Waals surface area contributed by atoms with Crippen molar-refractivity contribution in [2.45, 2.75) is 38.8 Å². The molecule has 2 aliphatic heterocycles. The zero-order valence-electron chi connectivity index (χ0n) is 15.6. The minimum absolute atomic E-state index is 0.0514. The monoisotopic (exact) mass is 360 g/mol. The van der Waals surface area contributed by atoms with E-state index in [9.17, 15) is 4.79 Å². The molecule has 1 saturated heterocycles. The summed E-state index contributed by atoms with van der Waals surface area (Å²) in [6.45, 7) is 4.93. The number of hydrogen-bond donors (Lipinski definition) is 1. The lowest BCUT2D eigenvalue weighted by Gasteiger charge is -2.20. The van der Waals surface area contributed by atoms with Gasteiger partial charge in [0.25, 0.3) is 0 Å². The van der Waals surface area contributed by atoms with Crippen molar-refractivity contribution in [1.29, 1.82) is 0 Å². The van der Waals surface area contributed by atoms with E-state index in [2.05, 4.69) is 33.0 Å². The topological polar surface area (TPSA) is 50.2 Å². The van der Waals surface area contributed by atoms with Gasteiger partial charge in [-0.05, 0) is 54.8 Å². The van der Waals surface area contributed by atoms with Crippen molar-refractivity contribution in [1.82, 2.24) is 14.5 Å². The minimum Gasteiger partial charge on any atom is -0.327 e. The van der Waals surface area contributed by atoms with Gasteiger partial charge in [-0.3, -0.25) is 9.69 Å². The van der Waals surface area contributed by atoms with Gasteiger partial charge in [0.2, 0.25) is 5.91 Å². The lowest BCUT2D eigenvalue weighted by molar-refractivity contribution is -0.114. The van der Waals surface area contributed by atoms with Crippen LogP contribution in [0.5, 0.6) is 0 Å². The summed E-state index contributed by atoms with van der Waals surface area (Å²) in [6, 6.07) is 15.2. The molecule has 5 rings (SSSR count). The lowest BCUT2D eigenvalue weighted by atomic mass is 10.0. The number of carbonyl (C=O) groups is 1. The number of benzene rings is 2. The first-order valence-electron chi connectivity index (χ1n) is 9.78. The van der Waals surface area contributed by atoms with E-state index in [-0.39, 0.29) is 5.91 Å². The highest BCUT2D eigenvalue weighted by Crippen LogP contribution is 2.29. The van der Waals surface area contributed by atoms with Crippen molar-refractivity contribution < 1.29 is 4.79 Å². The Hall–Kier alpha value is -2.66. The van der Waals surface area contributed by atoms with E-state index >= 15 is 0 Å². The molecule has 5 heteroatoms. The van der Waals surface area contributed by atoms with E-state index in [0.29, 0.717) is 6.04 Å². The van der Waals surface area contributed by atoms with Crippen molar-refractivity contribution in [3.05, 3.63) is 48.3 Å². The maximum absolute atomic E-state index is 11.2. The second kappa shape index (κ2) is 6.50. The summed E-state index contributed by atoms with van der Waals surface area (Å²) in [7, 11) is 0. The molecule has 0 bridgehead atoms. The van der Waals surface area contributed by atoms with Crippen LogP contribution in [-0.2, 0) is 17.8 Å². The maximum Gasteiger partial charge on any atom is 0.221 e. The molecule has 0 aliphatic carbocycles. The minimum atomic E-state index is -0.0514. The fourth-order valence-electron chi connectivity index (χ4n) is 4.57. The first-order valence-corrected chi connectivity index (χ1v) is 9.78. The van der Waals surface area contributed by atoms with E-state index in [1.165, 1.54) is 37.7 Å². The van der Waals surface area contributed by atoms with Gasteiger partial charge < -0.3 is 9.88 Å². The molecular weight excluding hydrogens is 336 g/mol. The van der Waals surface area contributed by atoms with Gasteiger partial charge in [0.05, 0.1) is 11.0 Å². The van der Waals surface area contributed by atoms with E-state index in [0.717, 1.165) is 41.8 Å². The third-order valence-corrected chi connectivity index (χ3v) is 5.89. The molecule has 0 unspecified atom stereocenters. The van der Waals surface area contributed by atoms with Gasteiger partial charge in [0.15, 0.2) is 0 Å². The Morgan fingerprint density at radius 1 is 1.07 bits per heavy atom. The fourth-order valence-corrected chi connectivity index (χ4v) is 4.57. The molecule has 27 heavy (non-hydrogen) atoms. The summed E-state index contributed by atoms with van der Waals surface area (Å²) in [4.78, 5) is 18.8. The molecule has 0 radical (unpaired) electrons. The number of carbonyl (C=O) groups excluding carboxylic acids is 1. The molecule has 0 spiro atoms. The number of fused-ring (bicyclic) bond motifs is 4. The van der Waals surface area contributed by atoms with Gasteiger partial charge in [0.1, 0.15) is 5.82 Å². The number of nitrogens with one attached hydrogen (secondary N) is 1. The SMILES string of the molecule is CC(=O)Nc1ccc(-c2ccc3c(c2)nc2n3CCN3CCC[C@H]3C2)cc1. The van der Waals surface area contributed by atoms with Crippen molar-refractivity contribution in [3.63, 3.8) is 0 Å². The first kappa shape index (κ1) is 16.5. The summed E-state index contributed by atoms with van der Waals surface area (Å²) in [5.74, 6) is 1.18. The molecule has 1 amide bonds. The van der Waals surface area contributed by atoms with E-state index < -0.39 is 0 Å². The lowest BCUT2D eigenvalue weighted by Crippen LogP contribution is -2.30. The van der Waals surface area contributed by atoms with Crippen LogP contribution in [-0.4, -0.2) is 39.5 Å². The summed E-state index contributed by atoms with van der Waals surface area (Å²) >= 11 is 0. The zero-order chi connectivity index (χ0) is 18.4. The predicted octanol–water partition coefficient (Wildman–Crippen LogP) is 3.68. The molecular formula is C22H24N4O. The van der Waals surface area contributed by atoms with Crippen LogP contribution < -0.4 is 5.32 Å². The van der Waals surface area contributed by atoms with Crippen LogP contribution >= 0.6 is 0 Å². The van der Waals surface area contributed by atoms with Crippen LogP contribution in [0.15, 0.2) is 42.5 Å². The number of amides is 1. The molecule has 1 fully saturated rings.